The Balaban J connectivity index is 1.43. The quantitative estimate of drug-likeness (QED) is 0.462. The van der Waals surface area contributed by atoms with Gasteiger partial charge in [0.05, 0.1) is 13.0 Å². The molecule has 9 heteroatoms. The van der Waals surface area contributed by atoms with Gasteiger partial charge in [-0.1, -0.05) is 43.2 Å². The fourth-order valence-electron chi connectivity index (χ4n) is 6.71. The number of nitrogens with two attached hydrogens (primary N) is 1. The minimum atomic E-state index is -1.03. The smallest absolute Gasteiger partial charge is 0.323 e. The zero-order chi connectivity index (χ0) is 28.8. The molecule has 2 atom stereocenters. The molecule has 41 heavy (non-hydrogen) atoms. The SMILES string of the molecule is COc1ccc(NC(=O)N2CCCN(C(=O)C(c3ccccc3)C3CCCC3)C2C(=O)NC2CCC(N)CC2)cc1. The molecule has 5 rings (SSSR count). The number of carbonyl (C=O) groups excluding carboxylic acids is 3. The fourth-order valence-corrected chi connectivity index (χ4v) is 6.71. The Morgan fingerprint density at radius 2 is 1.51 bits per heavy atom. The number of amides is 4. The van der Waals surface area contributed by atoms with Gasteiger partial charge in [0.2, 0.25) is 5.91 Å². The third kappa shape index (κ3) is 6.84. The van der Waals surface area contributed by atoms with E-state index in [9.17, 15) is 14.4 Å². The highest BCUT2D eigenvalue weighted by molar-refractivity contribution is 5.96. The van der Waals surface area contributed by atoms with E-state index in [1.807, 2.05) is 30.3 Å². The summed E-state index contributed by atoms with van der Waals surface area (Å²) in [5, 5.41) is 6.11. The predicted molar refractivity (Wildman–Crippen MR) is 158 cm³/mol. The van der Waals surface area contributed by atoms with Gasteiger partial charge < -0.3 is 26.0 Å². The molecular weight excluding hydrogens is 518 g/mol. The summed E-state index contributed by atoms with van der Waals surface area (Å²) < 4.78 is 5.23. The van der Waals surface area contributed by atoms with Crippen molar-refractivity contribution in [3.8, 4) is 5.75 Å². The van der Waals surface area contributed by atoms with Crippen molar-refractivity contribution in [3.05, 3.63) is 60.2 Å². The molecule has 0 radical (unpaired) electrons. The first-order valence-corrected chi connectivity index (χ1v) is 15.1. The lowest BCUT2D eigenvalue weighted by Crippen LogP contribution is -2.65. The molecular formula is C32H43N5O4. The Morgan fingerprint density at radius 3 is 2.17 bits per heavy atom. The number of hydrogen-bond acceptors (Lipinski definition) is 5. The van der Waals surface area contributed by atoms with Crippen LogP contribution < -0.4 is 21.1 Å². The molecule has 2 unspecified atom stereocenters. The van der Waals surface area contributed by atoms with Crippen LogP contribution in [0.1, 0.15) is 69.3 Å². The van der Waals surface area contributed by atoms with Gasteiger partial charge in [0.15, 0.2) is 6.17 Å². The van der Waals surface area contributed by atoms with Crippen molar-refractivity contribution >= 4 is 23.5 Å². The van der Waals surface area contributed by atoms with Crippen molar-refractivity contribution in [1.29, 1.82) is 0 Å². The molecule has 4 amide bonds. The maximum absolute atomic E-state index is 14.5. The highest BCUT2D eigenvalue weighted by Crippen LogP contribution is 2.39. The largest absolute Gasteiger partial charge is 0.497 e. The van der Waals surface area contributed by atoms with E-state index in [2.05, 4.69) is 10.6 Å². The summed E-state index contributed by atoms with van der Waals surface area (Å²) >= 11 is 0. The molecule has 2 aromatic rings. The first-order chi connectivity index (χ1) is 19.9. The van der Waals surface area contributed by atoms with Crippen molar-refractivity contribution in [1.82, 2.24) is 15.1 Å². The number of nitrogens with one attached hydrogen (secondary N) is 2. The number of anilines is 1. The molecule has 3 aliphatic rings. The summed E-state index contributed by atoms with van der Waals surface area (Å²) in [5.41, 5.74) is 7.67. The number of urea groups is 1. The lowest BCUT2D eigenvalue weighted by Gasteiger charge is -2.45. The molecule has 1 saturated heterocycles. The molecule has 0 bridgehead atoms. The van der Waals surface area contributed by atoms with E-state index < -0.39 is 12.2 Å². The normalized spacial score (nSPS) is 24.0. The maximum Gasteiger partial charge on any atom is 0.323 e. The van der Waals surface area contributed by atoms with Crippen molar-refractivity contribution in [3.63, 3.8) is 0 Å². The zero-order valence-corrected chi connectivity index (χ0v) is 24.0. The lowest BCUT2D eigenvalue weighted by atomic mass is 9.83. The highest BCUT2D eigenvalue weighted by atomic mass is 16.5. The predicted octanol–water partition coefficient (Wildman–Crippen LogP) is 4.45. The Bertz CT molecular complexity index is 1180. The Hall–Kier alpha value is -3.59. The molecule has 3 fully saturated rings. The second kappa shape index (κ2) is 13.4. The average molecular weight is 562 g/mol. The number of hydrogen-bond donors (Lipinski definition) is 3. The second-order valence-electron chi connectivity index (χ2n) is 11.7. The van der Waals surface area contributed by atoms with E-state index in [1.165, 1.54) is 4.90 Å². The van der Waals surface area contributed by atoms with E-state index in [4.69, 9.17) is 10.5 Å². The topological polar surface area (TPSA) is 117 Å². The van der Waals surface area contributed by atoms with Gasteiger partial charge >= 0.3 is 6.03 Å². The summed E-state index contributed by atoms with van der Waals surface area (Å²) in [6, 6.07) is 16.7. The summed E-state index contributed by atoms with van der Waals surface area (Å²) in [4.78, 5) is 45.4. The van der Waals surface area contributed by atoms with Crippen LogP contribution in [-0.2, 0) is 9.59 Å². The fraction of sp³-hybridized carbons (Fsp3) is 0.531. The number of ether oxygens (including phenoxy) is 1. The van der Waals surface area contributed by atoms with Gasteiger partial charge in [-0.25, -0.2) is 4.79 Å². The minimum Gasteiger partial charge on any atom is -0.497 e. The van der Waals surface area contributed by atoms with Gasteiger partial charge in [0.25, 0.3) is 5.91 Å². The highest BCUT2D eigenvalue weighted by Gasteiger charge is 2.45. The van der Waals surface area contributed by atoms with Crippen molar-refractivity contribution in [2.24, 2.45) is 11.7 Å². The number of carbonyl (C=O) groups is 3. The molecule has 2 saturated carbocycles. The van der Waals surface area contributed by atoms with Crippen LogP contribution in [0.2, 0.25) is 0 Å². The van der Waals surface area contributed by atoms with Gasteiger partial charge in [-0.15, -0.1) is 0 Å². The van der Waals surface area contributed by atoms with E-state index >= 15 is 0 Å². The van der Waals surface area contributed by atoms with Gasteiger partial charge in [-0.2, -0.15) is 0 Å². The van der Waals surface area contributed by atoms with E-state index in [1.54, 1.807) is 36.3 Å². The first-order valence-electron chi connectivity index (χ1n) is 15.1. The molecule has 0 aromatic heterocycles. The minimum absolute atomic E-state index is 0.0209. The zero-order valence-electron chi connectivity index (χ0n) is 24.0. The van der Waals surface area contributed by atoms with Crippen LogP contribution in [0.3, 0.4) is 0 Å². The molecule has 2 aromatic carbocycles. The van der Waals surface area contributed by atoms with Crippen LogP contribution in [0.5, 0.6) is 5.75 Å². The molecule has 2 aliphatic carbocycles. The van der Waals surface area contributed by atoms with Crippen LogP contribution in [-0.4, -0.2) is 66.1 Å². The van der Waals surface area contributed by atoms with E-state index in [0.717, 1.165) is 56.9 Å². The van der Waals surface area contributed by atoms with Crippen LogP contribution in [0.25, 0.3) is 0 Å². The monoisotopic (exact) mass is 561 g/mol. The van der Waals surface area contributed by atoms with E-state index in [-0.39, 0.29) is 35.7 Å². The van der Waals surface area contributed by atoms with Crippen LogP contribution in [0.15, 0.2) is 54.6 Å². The van der Waals surface area contributed by atoms with Crippen LogP contribution >= 0.6 is 0 Å². The second-order valence-corrected chi connectivity index (χ2v) is 11.7. The number of benzene rings is 2. The molecule has 1 aliphatic heterocycles. The standard InChI is InChI=1S/C32H43N5O4/c1-41-27-18-16-26(17-19-27)35-32(40)37-21-7-20-36(30(37)29(38)34-25-14-12-24(33)13-15-25)31(39)28(23-10-5-6-11-23)22-8-3-2-4-9-22/h2-4,8-9,16-19,23-25,28,30H,5-7,10-15,20-21,33H2,1H3,(H,34,38)(H,35,40). The third-order valence-corrected chi connectivity index (χ3v) is 8.92. The molecule has 0 spiro atoms. The average Bonchev–Trinajstić information content (AvgIpc) is 3.53. The summed E-state index contributed by atoms with van der Waals surface area (Å²) in [5.74, 6) is 0.182. The van der Waals surface area contributed by atoms with Gasteiger partial charge in [0, 0.05) is 30.9 Å². The van der Waals surface area contributed by atoms with Crippen LogP contribution in [0, 0.1) is 5.92 Å². The Morgan fingerprint density at radius 1 is 0.854 bits per heavy atom. The first kappa shape index (κ1) is 28.9. The van der Waals surface area contributed by atoms with Crippen molar-refractivity contribution in [2.75, 3.05) is 25.5 Å². The maximum atomic E-state index is 14.5. The van der Waals surface area contributed by atoms with Crippen molar-refractivity contribution in [2.45, 2.75) is 82.0 Å². The molecule has 4 N–H and O–H groups in total. The summed E-state index contributed by atoms with van der Waals surface area (Å²) in [6.07, 6.45) is 7.01. The lowest BCUT2D eigenvalue weighted by molar-refractivity contribution is -0.151. The summed E-state index contributed by atoms with van der Waals surface area (Å²) in [6.45, 7) is 0.799. The van der Waals surface area contributed by atoms with Crippen LogP contribution in [0.4, 0.5) is 10.5 Å². The van der Waals surface area contributed by atoms with Gasteiger partial charge in [0.1, 0.15) is 5.75 Å². The Kier molecular flexibility index (Phi) is 9.44. The number of nitrogens with zero attached hydrogens (tertiary/aromatic N) is 2. The molecule has 1 heterocycles. The Labute approximate surface area is 242 Å². The van der Waals surface area contributed by atoms with Crippen molar-refractivity contribution < 1.29 is 19.1 Å². The summed E-state index contributed by atoms with van der Waals surface area (Å²) in [7, 11) is 1.59. The number of rotatable bonds is 7. The van der Waals surface area contributed by atoms with Gasteiger partial charge in [-0.3, -0.25) is 14.5 Å². The molecule has 220 valence electrons. The third-order valence-electron chi connectivity index (χ3n) is 8.92. The number of methoxy groups -OCH3 is 1. The van der Waals surface area contributed by atoms with E-state index in [0.29, 0.717) is 30.9 Å². The molecule has 9 nitrogen and oxygen atoms in total. The van der Waals surface area contributed by atoms with Gasteiger partial charge in [-0.05, 0) is 80.7 Å².